The zero-order chi connectivity index (χ0) is 15.5. The summed E-state index contributed by atoms with van der Waals surface area (Å²) in [7, 11) is 0. The first kappa shape index (κ1) is 16.4. The van der Waals surface area contributed by atoms with E-state index in [9.17, 15) is 0 Å². The average molecular weight is 289 g/mol. The van der Waals surface area contributed by atoms with Crippen LogP contribution in [-0.4, -0.2) is 35.1 Å². The normalized spacial score (nSPS) is 24.5. The molecule has 2 heterocycles. The van der Waals surface area contributed by atoms with Crippen molar-refractivity contribution in [1.82, 2.24) is 15.2 Å². The first-order chi connectivity index (χ1) is 9.86. The van der Waals surface area contributed by atoms with Crippen molar-refractivity contribution in [2.24, 2.45) is 11.3 Å². The minimum Gasteiger partial charge on any atom is -0.311 e. The lowest BCUT2D eigenvalue weighted by atomic mass is 9.84. The van der Waals surface area contributed by atoms with Gasteiger partial charge in [0.15, 0.2) is 0 Å². The third-order valence-electron chi connectivity index (χ3n) is 4.43. The van der Waals surface area contributed by atoms with Crippen LogP contribution in [0.2, 0.25) is 0 Å². The largest absolute Gasteiger partial charge is 0.311 e. The van der Waals surface area contributed by atoms with E-state index < -0.39 is 0 Å². The number of nitrogens with one attached hydrogen (secondary N) is 1. The number of aromatic nitrogens is 1. The minimum absolute atomic E-state index is 0.302. The maximum absolute atomic E-state index is 4.26. The number of nitrogens with zero attached hydrogens (tertiary/aromatic N) is 2. The smallest absolute Gasteiger partial charge is 0.0312 e. The molecule has 0 aromatic carbocycles. The first-order valence-electron chi connectivity index (χ1n) is 8.22. The Morgan fingerprint density at radius 2 is 2.14 bits per heavy atom. The van der Waals surface area contributed by atoms with Gasteiger partial charge in [0.1, 0.15) is 0 Å². The molecule has 1 aliphatic heterocycles. The topological polar surface area (TPSA) is 28.2 Å². The molecule has 0 bridgehead atoms. The van der Waals surface area contributed by atoms with Gasteiger partial charge in [-0.05, 0) is 29.4 Å². The van der Waals surface area contributed by atoms with Crippen LogP contribution < -0.4 is 5.32 Å². The van der Waals surface area contributed by atoms with Gasteiger partial charge in [0.25, 0.3) is 0 Å². The van der Waals surface area contributed by atoms with E-state index in [-0.39, 0.29) is 0 Å². The van der Waals surface area contributed by atoms with Crippen LogP contribution in [0.4, 0.5) is 0 Å². The molecule has 2 atom stereocenters. The third-order valence-corrected chi connectivity index (χ3v) is 4.43. The molecule has 1 aromatic rings. The van der Waals surface area contributed by atoms with Gasteiger partial charge in [0.2, 0.25) is 0 Å². The van der Waals surface area contributed by atoms with Crippen LogP contribution >= 0.6 is 0 Å². The monoisotopic (exact) mass is 289 g/mol. The highest BCUT2D eigenvalue weighted by atomic mass is 15.2. The van der Waals surface area contributed by atoms with Gasteiger partial charge in [-0.1, -0.05) is 40.7 Å². The van der Waals surface area contributed by atoms with E-state index in [2.05, 4.69) is 55.9 Å². The molecule has 1 N–H and O–H groups in total. The molecule has 21 heavy (non-hydrogen) atoms. The summed E-state index contributed by atoms with van der Waals surface area (Å²) >= 11 is 0. The molecule has 2 unspecified atom stereocenters. The van der Waals surface area contributed by atoms with E-state index in [4.69, 9.17) is 0 Å². The van der Waals surface area contributed by atoms with Gasteiger partial charge in [0.05, 0.1) is 0 Å². The summed E-state index contributed by atoms with van der Waals surface area (Å²) in [5, 5.41) is 3.77. The van der Waals surface area contributed by atoms with Gasteiger partial charge < -0.3 is 5.32 Å². The van der Waals surface area contributed by atoms with Gasteiger partial charge >= 0.3 is 0 Å². The standard InChI is InChI=1S/C18H31N3/c1-14(2)9-16-11-20-17(18(3,4)5)13-21(16)12-15-7-6-8-19-10-15/h6-8,10,14,16-17,20H,9,11-13H2,1-5H3. The van der Waals surface area contributed by atoms with E-state index in [0.29, 0.717) is 17.5 Å². The molecule has 0 aliphatic carbocycles. The number of hydrogen-bond donors (Lipinski definition) is 1. The van der Waals surface area contributed by atoms with E-state index in [1.165, 1.54) is 12.0 Å². The van der Waals surface area contributed by atoms with Crippen molar-refractivity contribution in [3.63, 3.8) is 0 Å². The van der Waals surface area contributed by atoms with Crippen LogP contribution in [0.15, 0.2) is 24.5 Å². The fraction of sp³-hybridized carbons (Fsp3) is 0.722. The van der Waals surface area contributed by atoms with Crippen LogP contribution in [0.25, 0.3) is 0 Å². The molecule has 1 aliphatic rings. The zero-order valence-corrected chi connectivity index (χ0v) is 14.3. The van der Waals surface area contributed by atoms with Crippen LogP contribution in [0.1, 0.15) is 46.6 Å². The molecule has 2 rings (SSSR count). The number of hydrogen-bond acceptors (Lipinski definition) is 3. The van der Waals surface area contributed by atoms with Crippen LogP contribution in [0.3, 0.4) is 0 Å². The molecule has 0 amide bonds. The predicted molar refractivity (Wildman–Crippen MR) is 89.1 cm³/mol. The molecule has 3 nitrogen and oxygen atoms in total. The van der Waals surface area contributed by atoms with Gasteiger partial charge in [-0.15, -0.1) is 0 Å². The molecule has 0 saturated carbocycles. The first-order valence-corrected chi connectivity index (χ1v) is 8.22. The maximum Gasteiger partial charge on any atom is 0.0312 e. The van der Waals surface area contributed by atoms with Gasteiger partial charge in [-0.2, -0.15) is 0 Å². The molecule has 1 saturated heterocycles. The molecule has 1 fully saturated rings. The SMILES string of the molecule is CC(C)CC1CNC(C(C)(C)C)CN1Cc1cccnc1. The second-order valence-electron chi connectivity index (χ2n) is 7.90. The quantitative estimate of drug-likeness (QED) is 0.921. The van der Waals surface area contributed by atoms with Crippen molar-refractivity contribution in [1.29, 1.82) is 0 Å². The Morgan fingerprint density at radius 1 is 1.38 bits per heavy atom. The maximum atomic E-state index is 4.26. The molecule has 1 aromatic heterocycles. The summed E-state index contributed by atoms with van der Waals surface area (Å²) in [6.45, 7) is 14.9. The molecule has 0 spiro atoms. The van der Waals surface area contributed by atoms with Crippen molar-refractivity contribution in [2.45, 2.75) is 59.7 Å². The van der Waals surface area contributed by atoms with E-state index in [1.807, 2.05) is 18.5 Å². The molecule has 0 radical (unpaired) electrons. The number of rotatable bonds is 4. The van der Waals surface area contributed by atoms with Crippen molar-refractivity contribution in [2.75, 3.05) is 13.1 Å². The Labute approximate surface area is 130 Å². The highest BCUT2D eigenvalue weighted by Crippen LogP contribution is 2.26. The number of piperazine rings is 1. The van der Waals surface area contributed by atoms with E-state index >= 15 is 0 Å². The second kappa shape index (κ2) is 6.89. The molecule has 118 valence electrons. The van der Waals surface area contributed by atoms with Crippen molar-refractivity contribution < 1.29 is 0 Å². The summed E-state index contributed by atoms with van der Waals surface area (Å²) in [6, 6.07) is 5.41. The summed E-state index contributed by atoms with van der Waals surface area (Å²) in [4.78, 5) is 6.92. The summed E-state index contributed by atoms with van der Waals surface area (Å²) in [5.41, 5.74) is 1.62. The Hall–Kier alpha value is -0.930. The third kappa shape index (κ3) is 4.79. The van der Waals surface area contributed by atoms with Crippen molar-refractivity contribution in [3.05, 3.63) is 30.1 Å². The van der Waals surface area contributed by atoms with E-state index in [1.54, 1.807) is 0 Å². The molecular weight excluding hydrogens is 258 g/mol. The predicted octanol–water partition coefficient (Wildman–Crippen LogP) is 3.32. The lowest BCUT2D eigenvalue weighted by Crippen LogP contribution is -2.60. The highest BCUT2D eigenvalue weighted by Gasteiger charge is 2.34. The van der Waals surface area contributed by atoms with Crippen LogP contribution in [-0.2, 0) is 6.54 Å². The fourth-order valence-electron chi connectivity index (χ4n) is 3.13. The lowest BCUT2D eigenvalue weighted by Gasteiger charge is -2.45. The van der Waals surface area contributed by atoms with E-state index in [0.717, 1.165) is 25.6 Å². The van der Waals surface area contributed by atoms with Gasteiger partial charge in [0, 0.05) is 44.1 Å². The molecule has 3 heteroatoms. The van der Waals surface area contributed by atoms with Gasteiger partial charge in [-0.25, -0.2) is 0 Å². The minimum atomic E-state index is 0.302. The van der Waals surface area contributed by atoms with Crippen LogP contribution in [0.5, 0.6) is 0 Å². The Bertz CT molecular complexity index is 422. The number of pyridine rings is 1. The Kier molecular flexibility index (Phi) is 5.39. The summed E-state index contributed by atoms with van der Waals surface area (Å²) in [6.07, 6.45) is 5.11. The Balaban J connectivity index is 2.09. The zero-order valence-electron chi connectivity index (χ0n) is 14.3. The van der Waals surface area contributed by atoms with Crippen LogP contribution in [0, 0.1) is 11.3 Å². The second-order valence-corrected chi connectivity index (χ2v) is 7.90. The lowest BCUT2D eigenvalue weighted by molar-refractivity contribution is 0.0690. The van der Waals surface area contributed by atoms with Gasteiger partial charge in [-0.3, -0.25) is 9.88 Å². The summed E-state index contributed by atoms with van der Waals surface area (Å²) in [5.74, 6) is 0.736. The van der Waals surface area contributed by atoms with Crippen molar-refractivity contribution in [3.8, 4) is 0 Å². The average Bonchev–Trinajstić information content (AvgIpc) is 2.40. The van der Waals surface area contributed by atoms with Crippen molar-refractivity contribution >= 4 is 0 Å². The molecular formula is C18H31N3. The highest BCUT2D eigenvalue weighted by molar-refractivity contribution is 5.09. The summed E-state index contributed by atoms with van der Waals surface area (Å²) < 4.78 is 0. The Morgan fingerprint density at radius 3 is 2.71 bits per heavy atom. The fourth-order valence-corrected chi connectivity index (χ4v) is 3.13.